The molecule has 0 spiro atoms. The molecule has 6 nitrogen and oxygen atoms in total. The molecule has 0 saturated heterocycles. The van der Waals surface area contributed by atoms with Crippen LogP contribution in [0.25, 0.3) is 11.1 Å². The van der Waals surface area contributed by atoms with Crippen molar-refractivity contribution in [3.05, 3.63) is 63.8 Å². The average molecular weight is 452 g/mol. The van der Waals surface area contributed by atoms with E-state index >= 15 is 0 Å². The molecule has 1 aliphatic heterocycles. The second-order valence-corrected chi connectivity index (χ2v) is 9.19. The van der Waals surface area contributed by atoms with Gasteiger partial charge in [0.1, 0.15) is 4.88 Å². The van der Waals surface area contributed by atoms with Gasteiger partial charge in [-0.05, 0) is 29.2 Å². The molecular weight excluding hydrogens is 426 g/mol. The molecule has 2 aromatic carbocycles. The van der Waals surface area contributed by atoms with Gasteiger partial charge in [0, 0.05) is 22.8 Å². The summed E-state index contributed by atoms with van der Waals surface area (Å²) in [7, 11) is 1.58. The van der Waals surface area contributed by atoms with E-state index in [-0.39, 0.29) is 23.1 Å². The van der Waals surface area contributed by atoms with Crippen LogP contribution in [0.5, 0.6) is 11.5 Å². The lowest BCUT2D eigenvalue weighted by molar-refractivity contribution is -0.116. The summed E-state index contributed by atoms with van der Waals surface area (Å²) in [4.78, 5) is 25.8. The maximum absolute atomic E-state index is 12.7. The zero-order valence-corrected chi connectivity index (χ0v) is 19.0. The Labute approximate surface area is 190 Å². The number of ether oxygens (including phenoxy) is 2. The summed E-state index contributed by atoms with van der Waals surface area (Å²) in [6, 6.07) is 15.0. The van der Waals surface area contributed by atoms with Crippen molar-refractivity contribution in [1.29, 1.82) is 0 Å². The molecule has 0 aliphatic carbocycles. The summed E-state index contributed by atoms with van der Waals surface area (Å²) < 4.78 is 11.4. The fourth-order valence-corrected chi connectivity index (χ4v) is 5.11. The van der Waals surface area contributed by atoms with E-state index in [2.05, 4.69) is 19.2 Å². The number of anilines is 1. The van der Waals surface area contributed by atoms with Crippen molar-refractivity contribution in [1.82, 2.24) is 0 Å². The molecule has 1 aliphatic rings. The molecule has 0 unspecified atom stereocenters. The first kappa shape index (κ1) is 21.9. The van der Waals surface area contributed by atoms with Gasteiger partial charge in [0.2, 0.25) is 5.91 Å². The SMILES string of the molecule is COc1cc([C@@H]2CC(=O)Nc3c2sc(C(=O)O)c3-c2ccccc2)ccc1OCC(C)C. The first-order valence-corrected chi connectivity index (χ1v) is 11.3. The van der Waals surface area contributed by atoms with E-state index in [1.165, 1.54) is 11.3 Å². The fraction of sp³-hybridized carbons (Fsp3) is 0.280. The number of fused-ring (bicyclic) bond motifs is 1. The largest absolute Gasteiger partial charge is 0.493 e. The van der Waals surface area contributed by atoms with E-state index in [1.807, 2.05) is 48.5 Å². The van der Waals surface area contributed by atoms with Gasteiger partial charge in [-0.2, -0.15) is 0 Å². The lowest BCUT2D eigenvalue weighted by atomic mass is 9.88. The normalized spacial score (nSPS) is 15.2. The molecule has 0 saturated carbocycles. The minimum atomic E-state index is -1.01. The third-order valence-corrected chi connectivity index (χ3v) is 6.62. The molecule has 32 heavy (non-hydrogen) atoms. The summed E-state index contributed by atoms with van der Waals surface area (Å²) in [5.74, 6) is 0.190. The van der Waals surface area contributed by atoms with Gasteiger partial charge in [-0.1, -0.05) is 50.2 Å². The number of hydrogen-bond acceptors (Lipinski definition) is 5. The van der Waals surface area contributed by atoms with E-state index in [0.717, 1.165) is 16.0 Å². The van der Waals surface area contributed by atoms with Crippen LogP contribution in [0, 0.1) is 5.92 Å². The van der Waals surface area contributed by atoms with Gasteiger partial charge in [0.15, 0.2) is 11.5 Å². The number of carboxylic acids is 1. The molecule has 2 N–H and O–H groups in total. The van der Waals surface area contributed by atoms with E-state index in [1.54, 1.807) is 7.11 Å². The zero-order chi connectivity index (χ0) is 22.8. The van der Waals surface area contributed by atoms with Crippen LogP contribution in [0.2, 0.25) is 0 Å². The first-order chi connectivity index (χ1) is 15.4. The topological polar surface area (TPSA) is 84.9 Å². The molecule has 1 aromatic heterocycles. The van der Waals surface area contributed by atoms with Gasteiger partial charge >= 0.3 is 5.97 Å². The van der Waals surface area contributed by atoms with E-state index in [0.29, 0.717) is 35.3 Å². The molecule has 1 amide bonds. The predicted octanol–water partition coefficient (Wildman–Crippen LogP) is 5.63. The predicted molar refractivity (Wildman–Crippen MR) is 125 cm³/mol. The van der Waals surface area contributed by atoms with Crippen LogP contribution in [0.4, 0.5) is 5.69 Å². The van der Waals surface area contributed by atoms with Crippen LogP contribution in [-0.4, -0.2) is 30.7 Å². The molecule has 0 radical (unpaired) electrons. The Hall–Kier alpha value is -3.32. The number of carbonyl (C=O) groups is 2. The average Bonchev–Trinajstić information content (AvgIpc) is 3.17. The lowest BCUT2D eigenvalue weighted by Crippen LogP contribution is -2.22. The van der Waals surface area contributed by atoms with Crippen LogP contribution >= 0.6 is 11.3 Å². The van der Waals surface area contributed by atoms with Crippen LogP contribution < -0.4 is 14.8 Å². The summed E-state index contributed by atoms with van der Waals surface area (Å²) >= 11 is 1.22. The number of hydrogen-bond donors (Lipinski definition) is 2. The molecular formula is C25H25NO5S. The summed E-state index contributed by atoms with van der Waals surface area (Å²) in [6.45, 7) is 4.72. The van der Waals surface area contributed by atoms with Gasteiger partial charge in [0.25, 0.3) is 0 Å². The molecule has 166 valence electrons. The maximum Gasteiger partial charge on any atom is 0.346 e. The summed E-state index contributed by atoms with van der Waals surface area (Å²) in [6.07, 6.45) is 0.232. The molecule has 0 bridgehead atoms. The Kier molecular flexibility index (Phi) is 6.19. The Balaban J connectivity index is 1.81. The molecule has 1 atom stereocenters. The van der Waals surface area contributed by atoms with Crippen molar-refractivity contribution in [3.63, 3.8) is 0 Å². The van der Waals surface area contributed by atoms with Gasteiger partial charge in [-0.15, -0.1) is 11.3 Å². The lowest BCUT2D eigenvalue weighted by Gasteiger charge is -2.24. The monoisotopic (exact) mass is 451 g/mol. The van der Waals surface area contributed by atoms with Crippen molar-refractivity contribution >= 4 is 28.9 Å². The maximum atomic E-state index is 12.7. The van der Waals surface area contributed by atoms with Gasteiger partial charge in [-0.3, -0.25) is 4.79 Å². The van der Waals surface area contributed by atoms with Crippen molar-refractivity contribution in [2.45, 2.75) is 26.2 Å². The standard InChI is InChI=1S/C25H25NO5S/c1-14(2)13-31-18-10-9-16(11-19(18)30-3)17-12-20(27)26-22-21(15-7-5-4-6-8-15)24(25(28)29)32-23(17)22/h4-11,14,17H,12-13H2,1-3H3,(H,26,27)(H,28,29)/t17-/m0/s1. The first-order valence-electron chi connectivity index (χ1n) is 10.4. The van der Waals surface area contributed by atoms with Gasteiger partial charge < -0.3 is 19.9 Å². The van der Waals surface area contributed by atoms with Crippen molar-refractivity contribution in [3.8, 4) is 22.6 Å². The fourth-order valence-electron chi connectivity index (χ4n) is 3.86. The number of carbonyl (C=O) groups excluding carboxylic acids is 1. The van der Waals surface area contributed by atoms with E-state index in [4.69, 9.17) is 9.47 Å². The Morgan fingerprint density at radius 3 is 2.59 bits per heavy atom. The molecule has 0 fully saturated rings. The highest BCUT2D eigenvalue weighted by Gasteiger charge is 2.34. The molecule has 2 heterocycles. The third-order valence-electron chi connectivity index (χ3n) is 5.32. The zero-order valence-electron chi connectivity index (χ0n) is 18.2. The number of rotatable bonds is 7. The minimum Gasteiger partial charge on any atom is -0.493 e. The van der Waals surface area contributed by atoms with Crippen molar-refractivity contribution < 1.29 is 24.2 Å². The number of carboxylic acid groups (broad SMARTS) is 1. The Bertz CT molecular complexity index is 1150. The van der Waals surface area contributed by atoms with Gasteiger partial charge in [-0.25, -0.2) is 4.79 Å². The van der Waals surface area contributed by atoms with Crippen LogP contribution in [0.3, 0.4) is 0 Å². The number of benzene rings is 2. The number of methoxy groups -OCH3 is 1. The van der Waals surface area contributed by atoms with Crippen LogP contribution in [-0.2, 0) is 4.79 Å². The molecule has 4 rings (SSSR count). The van der Waals surface area contributed by atoms with Crippen molar-refractivity contribution in [2.75, 3.05) is 19.0 Å². The second kappa shape index (κ2) is 9.04. The highest BCUT2D eigenvalue weighted by atomic mass is 32.1. The van der Waals surface area contributed by atoms with Crippen LogP contribution in [0.1, 0.15) is 46.3 Å². The van der Waals surface area contributed by atoms with Gasteiger partial charge in [0.05, 0.1) is 19.4 Å². The third kappa shape index (κ3) is 4.21. The molecule has 7 heteroatoms. The summed E-state index contributed by atoms with van der Waals surface area (Å²) in [5, 5.41) is 12.8. The Morgan fingerprint density at radius 2 is 1.94 bits per heavy atom. The number of thiophene rings is 1. The molecule has 3 aromatic rings. The smallest absolute Gasteiger partial charge is 0.346 e. The second-order valence-electron chi connectivity index (χ2n) is 8.14. The highest BCUT2D eigenvalue weighted by molar-refractivity contribution is 7.15. The van der Waals surface area contributed by atoms with E-state index < -0.39 is 5.97 Å². The number of amides is 1. The number of nitrogens with one attached hydrogen (secondary N) is 1. The minimum absolute atomic E-state index is 0.145. The van der Waals surface area contributed by atoms with Crippen LogP contribution in [0.15, 0.2) is 48.5 Å². The van der Waals surface area contributed by atoms with E-state index in [9.17, 15) is 14.7 Å². The van der Waals surface area contributed by atoms with Crippen molar-refractivity contribution in [2.24, 2.45) is 5.92 Å². The Morgan fingerprint density at radius 1 is 1.19 bits per heavy atom. The highest BCUT2D eigenvalue weighted by Crippen LogP contribution is 2.50. The summed E-state index contributed by atoms with van der Waals surface area (Å²) in [5.41, 5.74) is 2.78. The quantitative estimate of drug-likeness (QED) is 0.486. The number of aromatic carboxylic acids is 1.